The Morgan fingerprint density at radius 2 is 1.62 bits per heavy atom. The third-order valence-electron chi connectivity index (χ3n) is 4.44. The van der Waals surface area contributed by atoms with Crippen LogP contribution >= 0.6 is 0 Å². The van der Waals surface area contributed by atoms with Gasteiger partial charge in [-0.1, -0.05) is 30.3 Å². The Bertz CT molecular complexity index is 1310. The Morgan fingerprint density at radius 3 is 2.34 bits per heavy atom. The minimum atomic E-state index is -0.510. The number of para-hydroxylation sites is 1. The molecular weight excluding hydrogens is 373 g/mol. The lowest BCUT2D eigenvalue weighted by Gasteiger charge is -2.11. The van der Waals surface area contributed by atoms with Gasteiger partial charge in [0.15, 0.2) is 0 Å². The van der Waals surface area contributed by atoms with Crippen LogP contribution in [0.4, 0.5) is 10.1 Å². The lowest BCUT2D eigenvalue weighted by atomic mass is 10.2. The molecule has 0 spiro atoms. The summed E-state index contributed by atoms with van der Waals surface area (Å²) in [6.45, 7) is 0. The van der Waals surface area contributed by atoms with Gasteiger partial charge in [0.2, 0.25) is 0 Å². The third kappa shape index (κ3) is 3.53. The number of nitro benzene ring substituents is 1. The van der Waals surface area contributed by atoms with Gasteiger partial charge in [-0.3, -0.25) is 19.5 Å². The van der Waals surface area contributed by atoms with Gasteiger partial charge in [0.25, 0.3) is 11.2 Å². The summed E-state index contributed by atoms with van der Waals surface area (Å²) in [7, 11) is 0. The molecule has 0 aliphatic rings. The van der Waals surface area contributed by atoms with Crippen molar-refractivity contribution in [3.05, 3.63) is 110 Å². The molecule has 142 valence electrons. The van der Waals surface area contributed by atoms with E-state index in [-0.39, 0.29) is 17.1 Å². The summed E-state index contributed by atoms with van der Waals surface area (Å²) >= 11 is 0. The Balaban J connectivity index is 1.92. The molecule has 0 saturated heterocycles. The molecule has 0 amide bonds. The Hall–Kier alpha value is -4.13. The molecule has 0 N–H and O–H groups in total. The van der Waals surface area contributed by atoms with Crippen molar-refractivity contribution < 1.29 is 9.31 Å². The molecular formula is C22H14FN3O3. The number of rotatable bonds is 4. The summed E-state index contributed by atoms with van der Waals surface area (Å²) in [6, 6.07) is 18.8. The Kier molecular flexibility index (Phi) is 4.70. The van der Waals surface area contributed by atoms with Gasteiger partial charge < -0.3 is 0 Å². The third-order valence-corrected chi connectivity index (χ3v) is 4.44. The van der Waals surface area contributed by atoms with Gasteiger partial charge in [0.1, 0.15) is 11.6 Å². The maximum atomic E-state index is 14.0. The highest BCUT2D eigenvalue weighted by Gasteiger charge is 2.13. The maximum Gasteiger partial charge on any atom is 0.269 e. The number of fused-ring (bicyclic) bond motifs is 1. The number of halogens is 1. The summed E-state index contributed by atoms with van der Waals surface area (Å²) in [5.74, 6) is -0.112. The van der Waals surface area contributed by atoms with E-state index in [1.54, 1.807) is 48.5 Å². The number of hydrogen-bond acceptors (Lipinski definition) is 4. The van der Waals surface area contributed by atoms with Crippen LogP contribution in [-0.4, -0.2) is 14.5 Å². The molecule has 0 unspecified atom stereocenters. The fourth-order valence-corrected chi connectivity index (χ4v) is 3.01. The second kappa shape index (κ2) is 7.47. The average Bonchev–Trinajstić information content (AvgIpc) is 2.73. The van der Waals surface area contributed by atoms with Crippen LogP contribution in [0.2, 0.25) is 0 Å². The maximum absolute atomic E-state index is 14.0. The van der Waals surface area contributed by atoms with Crippen molar-refractivity contribution in [3.8, 4) is 5.69 Å². The number of non-ortho nitro benzene ring substituents is 1. The van der Waals surface area contributed by atoms with E-state index in [0.717, 1.165) is 0 Å². The first-order valence-electron chi connectivity index (χ1n) is 8.74. The van der Waals surface area contributed by atoms with E-state index >= 15 is 0 Å². The largest absolute Gasteiger partial charge is 0.269 e. The first-order chi connectivity index (χ1) is 14.0. The molecule has 3 aromatic carbocycles. The molecule has 1 aromatic heterocycles. The van der Waals surface area contributed by atoms with Gasteiger partial charge in [-0.15, -0.1) is 0 Å². The van der Waals surface area contributed by atoms with Crippen molar-refractivity contribution >= 4 is 28.7 Å². The molecule has 0 fully saturated rings. The molecule has 0 bridgehead atoms. The predicted octanol–water partition coefficient (Wildman–Crippen LogP) is 4.60. The van der Waals surface area contributed by atoms with Gasteiger partial charge in [-0.05, 0) is 42.5 Å². The van der Waals surface area contributed by atoms with Gasteiger partial charge >= 0.3 is 0 Å². The van der Waals surface area contributed by atoms with Gasteiger partial charge in [-0.2, -0.15) is 0 Å². The minimum Gasteiger partial charge on any atom is -0.268 e. The molecule has 4 rings (SSSR count). The van der Waals surface area contributed by atoms with E-state index in [1.807, 2.05) is 0 Å². The number of nitro groups is 1. The SMILES string of the molecule is O=c1c2ccccc2nc(/C=C/c2ccccc2F)n1-c1ccc([N+](=O)[O-])cc1. The highest BCUT2D eigenvalue weighted by Crippen LogP contribution is 2.19. The smallest absolute Gasteiger partial charge is 0.268 e. The molecule has 6 nitrogen and oxygen atoms in total. The summed E-state index contributed by atoms with van der Waals surface area (Å²) in [4.78, 5) is 28.1. The van der Waals surface area contributed by atoms with E-state index in [4.69, 9.17) is 0 Å². The number of benzene rings is 3. The zero-order chi connectivity index (χ0) is 20.4. The molecule has 0 aliphatic heterocycles. The second-order valence-electron chi connectivity index (χ2n) is 6.26. The van der Waals surface area contributed by atoms with Crippen molar-refractivity contribution in [2.45, 2.75) is 0 Å². The van der Waals surface area contributed by atoms with E-state index in [0.29, 0.717) is 22.2 Å². The summed E-state index contributed by atoms with van der Waals surface area (Å²) in [6.07, 6.45) is 3.08. The average molecular weight is 387 g/mol. The molecule has 0 saturated carbocycles. The summed E-state index contributed by atoms with van der Waals surface area (Å²) in [5.41, 5.74) is 0.873. The lowest BCUT2D eigenvalue weighted by molar-refractivity contribution is -0.384. The van der Waals surface area contributed by atoms with Crippen molar-refractivity contribution in [1.29, 1.82) is 0 Å². The fraction of sp³-hybridized carbons (Fsp3) is 0. The molecule has 0 atom stereocenters. The number of hydrogen-bond donors (Lipinski definition) is 0. The van der Waals surface area contributed by atoms with Gasteiger partial charge in [-0.25, -0.2) is 9.37 Å². The summed E-state index contributed by atoms with van der Waals surface area (Å²) in [5, 5.41) is 11.3. The van der Waals surface area contributed by atoms with Gasteiger partial charge in [0.05, 0.1) is 21.5 Å². The molecule has 0 radical (unpaired) electrons. The zero-order valence-electron chi connectivity index (χ0n) is 15.0. The molecule has 4 aromatic rings. The standard InChI is InChI=1S/C22H14FN3O3/c23-19-7-3-1-5-15(19)9-14-21-24-20-8-4-2-6-18(20)22(27)25(21)16-10-12-17(13-11-16)26(28)29/h1-14H/b14-9+. The number of aromatic nitrogens is 2. The number of nitrogens with zero attached hydrogens (tertiary/aromatic N) is 3. The van der Waals surface area contributed by atoms with E-state index in [1.165, 1.54) is 41.0 Å². The lowest BCUT2D eigenvalue weighted by Crippen LogP contribution is -2.22. The van der Waals surface area contributed by atoms with Crippen LogP contribution in [0, 0.1) is 15.9 Å². The highest BCUT2D eigenvalue weighted by atomic mass is 19.1. The van der Waals surface area contributed by atoms with Crippen molar-refractivity contribution in [2.24, 2.45) is 0 Å². The first kappa shape index (κ1) is 18.2. The van der Waals surface area contributed by atoms with Crippen LogP contribution < -0.4 is 5.56 Å². The second-order valence-corrected chi connectivity index (χ2v) is 6.26. The van der Waals surface area contributed by atoms with Gasteiger partial charge in [0, 0.05) is 17.7 Å². The monoisotopic (exact) mass is 387 g/mol. The quantitative estimate of drug-likeness (QED) is 0.379. The van der Waals surface area contributed by atoms with Crippen LogP contribution in [0.15, 0.2) is 77.6 Å². The van der Waals surface area contributed by atoms with Crippen LogP contribution in [0.3, 0.4) is 0 Å². The first-order valence-corrected chi connectivity index (χ1v) is 8.74. The molecule has 1 heterocycles. The van der Waals surface area contributed by atoms with Crippen LogP contribution in [-0.2, 0) is 0 Å². The zero-order valence-corrected chi connectivity index (χ0v) is 15.0. The topological polar surface area (TPSA) is 78.0 Å². The van der Waals surface area contributed by atoms with E-state index < -0.39 is 10.7 Å². The van der Waals surface area contributed by atoms with Crippen LogP contribution in [0.25, 0.3) is 28.7 Å². The van der Waals surface area contributed by atoms with E-state index in [9.17, 15) is 19.3 Å². The Morgan fingerprint density at radius 1 is 0.931 bits per heavy atom. The minimum absolute atomic E-state index is 0.0843. The van der Waals surface area contributed by atoms with Crippen LogP contribution in [0.1, 0.15) is 11.4 Å². The van der Waals surface area contributed by atoms with Crippen molar-refractivity contribution in [1.82, 2.24) is 9.55 Å². The summed E-state index contributed by atoms with van der Waals surface area (Å²) < 4.78 is 15.3. The van der Waals surface area contributed by atoms with Crippen LogP contribution in [0.5, 0.6) is 0 Å². The fourth-order valence-electron chi connectivity index (χ4n) is 3.01. The van der Waals surface area contributed by atoms with Crippen molar-refractivity contribution in [2.75, 3.05) is 0 Å². The molecule has 7 heteroatoms. The van der Waals surface area contributed by atoms with Crippen molar-refractivity contribution in [3.63, 3.8) is 0 Å². The van der Waals surface area contributed by atoms with E-state index in [2.05, 4.69) is 4.98 Å². The molecule has 0 aliphatic carbocycles. The Labute approximate surface area is 164 Å². The highest BCUT2D eigenvalue weighted by molar-refractivity contribution is 5.80. The molecule has 29 heavy (non-hydrogen) atoms. The normalized spacial score (nSPS) is 11.2. The predicted molar refractivity (Wildman–Crippen MR) is 109 cm³/mol.